The minimum atomic E-state index is -6.92. The lowest BCUT2D eigenvalue weighted by molar-refractivity contribution is -0.426. The molecule has 1 aliphatic heterocycles. The number of alkyl halides is 10. The van der Waals surface area contributed by atoms with Crippen molar-refractivity contribution in [3.8, 4) is 5.75 Å². The van der Waals surface area contributed by atoms with Crippen molar-refractivity contribution in [3.63, 3.8) is 0 Å². The normalized spacial score (nSPS) is 17.1. The molecular weight excluding hydrogens is 494 g/mol. The molecule has 2 nitrogen and oxygen atoms in total. The van der Waals surface area contributed by atoms with E-state index in [1.54, 1.807) is 12.1 Å². The molecule has 3 rings (SSSR count). The van der Waals surface area contributed by atoms with Crippen molar-refractivity contribution in [1.29, 1.82) is 0 Å². The van der Waals surface area contributed by atoms with Gasteiger partial charge < -0.3 is 9.84 Å². The lowest BCUT2D eigenvalue weighted by Gasteiger charge is -2.41. The summed E-state index contributed by atoms with van der Waals surface area (Å²) in [6.45, 7) is -2.68. The van der Waals surface area contributed by atoms with Crippen molar-refractivity contribution < 1.29 is 53.7 Å². The lowest BCUT2D eigenvalue weighted by Crippen LogP contribution is -2.72. The second-order valence-corrected chi connectivity index (χ2v) is 9.75. The van der Waals surface area contributed by atoms with E-state index in [9.17, 15) is 49.0 Å². The molecular formula is C20H17F10O2S+. The van der Waals surface area contributed by atoms with E-state index < -0.39 is 42.2 Å². The maximum absolute atomic E-state index is 13.9. The van der Waals surface area contributed by atoms with Crippen LogP contribution in [0.5, 0.6) is 5.75 Å². The second-order valence-electron chi connectivity index (χ2n) is 7.51. The van der Waals surface area contributed by atoms with Crippen LogP contribution in [0, 0.1) is 0 Å². The van der Waals surface area contributed by atoms with Crippen LogP contribution < -0.4 is 4.74 Å². The van der Waals surface area contributed by atoms with Crippen molar-refractivity contribution in [2.45, 2.75) is 47.5 Å². The standard InChI is InChI=1S/C20H17F10O2S/c21-17(22,19(25,26)27)16(31,18(23,24)20(28,29)30)11-32-14-7-8-15(33-9-3-4-10-33)13-6-2-1-5-12(13)14/h1-2,5-8,31H,3-4,9-11H2/q+1. The highest BCUT2D eigenvalue weighted by Gasteiger charge is 2.85. The lowest BCUT2D eigenvalue weighted by atomic mass is 9.87. The molecule has 1 heterocycles. The third-order valence-electron chi connectivity index (χ3n) is 5.37. The van der Waals surface area contributed by atoms with Gasteiger partial charge in [0.15, 0.2) is 4.90 Å². The molecule has 1 fully saturated rings. The van der Waals surface area contributed by atoms with Gasteiger partial charge in [0.1, 0.15) is 23.9 Å². The molecule has 1 aliphatic rings. The van der Waals surface area contributed by atoms with E-state index in [2.05, 4.69) is 4.74 Å². The van der Waals surface area contributed by atoms with Crippen LogP contribution in [0.4, 0.5) is 43.9 Å². The number of halogens is 10. The minimum Gasteiger partial charge on any atom is -0.489 e. The zero-order valence-corrected chi connectivity index (χ0v) is 17.4. The Hall–Kier alpha value is -1.89. The number of fused-ring (bicyclic) bond motifs is 1. The summed E-state index contributed by atoms with van der Waals surface area (Å²) in [5.41, 5.74) is -5.97. The highest BCUT2D eigenvalue weighted by molar-refractivity contribution is 7.97. The summed E-state index contributed by atoms with van der Waals surface area (Å²) in [6.07, 6.45) is -11.9. The fourth-order valence-corrected chi connectivity index (χ4v) is 6.02. The van der Waals surface area contributed by atoms with Crippen LogP contribution >= 0.6 is 0 Å². The van der Waals surface area contributed by atoms with Gasteiger partial charge in [0.2, 0.25) is 5.60 Å². The second kappa shape index (κ2) is 8.40. The average molecular weight is 511 g/mol. The predicted molar refractivity (Wildman–Crippen MR) is 101 cm³/mol. The average Bonchev–Trinajstić information content (AvgIpc) is 3.24. The van der Waals surface area contributed by atoms with Gasteiger partial charge in [0, 0.05) is 21.7 Å². The molecule has 13 heteroatoms. The molecule has 0 atom stereocenters. The first-order valence-corrected chi connectivity index (χ1v) is 11.0. The van der Waals surface area contributed by atoms with Gasteiger partial charge in [0.25, 0.3) is 0 Å². The van der Waals surface area contributed by atoms with Gasteiger partial charge >= 0.3 is 24.2 Å². The van der Waals surface area contributed by atoms with Crippen LogP contribution in [-0.2, 0) is 10.9 Å². The number of ether oxygens (including phenoxy) is 1. The van der Waals surface area contributed by atoms with Crippen molar-refractivity contribution in [2.75, 3.05) is 18.1 Å². The van der Waals surface area contributed by atoms with Gasteiger partial charge in [0.05, 0.1) is 0 Å². The molecule has 184 valence electrons. The summed E-state index contributed by atoms with van der Waals surface area (Å²) >= 11 is 0. The fraction of sp³-hybridized carbons (Fsp3) is 0.500. The zero-order chi connectivity index (χ0) is 24.9. The first-order chi connectivity index (χ1) is 15.0. The molecule has 33 heavy (non-hydrogen) atoms. The molecule has 0 unspecified atom stereocenters. The van der Waals surface area contributed by atoms with E-state index >= 15 is 0 Å². The third-order valence-corrected chi connectivity index (χ3v) is 7.91. The summed E-state index contributed by atoms with van der Waals surface area (Å²) in [5.74, 6) is -12.5. The molecule has 2 aromatic rings. The monoisotopic (exact) mass is 511 g/mol. The summed E-state index contributed by atoms with van der Waals surface area (Å²) in [5, 5.41) is 10.2. The molecule has 0 radical (unpaired) electrons. The van der Waals surface area contributed by atoms with Crippen LogP contribution in [0.25, 0.3) is 10.8 Å². The van der Waals surface area contributed by atoms with Gasteiger partial charge in [-0.05, 0) is 31.0 Å². The zero-order valence-electron chi connectivity index (χ0n) is 16.5. The Morgan fingerprint density at radius 2 is 1.21 bits per heavy atom. The Balaban J connectivity index is 2.05. The van der Waals surface area contributed by atoms with Crippen molar-refractivity contribution in [3.05, 3.63) is 36.4 Å². The van der Waals surface area contributed by atoms with Crippen LogP contribution in [0.1, 0.15) is 12.8 Å². The number of hydrogen-bond donors (Lipinski definition) is 1. The van der Waals surface area contributed by atoms with Crippen LogP contribution in [0.3, 0.4) is 0 Å². The maximum atomic E-state index is 13.9. The summed E-state index contributed by atoms with van der Waals surface area (Å²) in [6, 6.07) is 8.55. The van der Waals surface area contributed by atoms with E-state index in [1.165, 1.54) is 18.2 Å². The number of rotatable bonds is 6. The van der Waals surface area contributed by atoms with E-state index in [-0.39, 0.29) is 16.3 Å². The molecule has 0 saturated carbocycles. The predicted octanol–water partition coefficient (Wildman–Crippen LogP) is 6.12. The summed E-state index contributed by atoms with van der Waals surface area (Å²) in [4.78, 5) is 0.826. The smallest absolute Gasteiger partial charge is 0.456 e. The summed E-state index contributed by atoms with van der Waals surface area (Å²) in [7, 11) is -0.189. The van der Waals surface area contributed by atoms with Crippen molar-refractivity contribution in [2.24, 2.45) is 0 Å². The highest BCUT2D eigenvalue weighted by Crippen LogP contribution is 2.55. The minimum absolute atomic E-state index is 0.113. The Morgan fingerprint density at radius 1 is 0.727 bits per heavy atom. The van der Waals surface area contributed by atoms with E-state index in [0.29, 0.717) is 5.39 Å². The molecule has 0 spiro atoms. The Morgan fingerprint density at radius 3 is 1.70 bits per heavy atom. The maximum Gasteiger partial charge on any atom is 0.456 e. The Labute approximate surface area is 183 Å². The van der Waals surface area contributed by atoms with E-state index in [0.717, 1.165) is 35.3 Å². The van der Waals surface area contributed by atoms with Crippen molar-refractivity contribution >= 4 is 21.7 Å². The van der Waals surface area contributed by atoms with Gasteiger partial charge in [-0.15, -0.1) is 0 Å². The van der Waals surface area contributed by atoms with Gasteiger partial charge in [-0.3, -0.25) is 0 Å². The van der Waals surface area contributed by atoms with Gasteiger partial charge in [-0.2, -0.15) is 43.9 Å². The summed E-state index contributed by atoms with van der Waals surface area (Å²) < 4.78 is 137. The molecule has 1 saturated heterocycles. The fourth-order valence-electron chi connectivity index (χ4n) is 3.53. The van der Waals surface area contributed by atoms with Gasteiger partial charge in [-0.1, -0.05) is 18.2 Å². The Kier molecular flexibility index (Phi) is 6.55. The van der Waals surface area contributed by atoms with Crippen LogP contribution in [0.15, 0.2) is 41.3 Å². The quantitative estimate of drug-likeness (QED) is 0.374. The van der Waals surface area contributed by atoms with Gasteiger partial charge in [-0.25, -0.2) is 0 Å². The number of benzene rings is 2. The molecule has 1 N–H and O–H groups in total. The largest absolute Gasteiger partial charge is 0.489 e. The van der Waals surface area contributed by atoms with Crippen LogP contribution in [-0.4, -0.2) is 53.0 Å². The first kappa shape index (κ1) is 25.7. The highest BCUT2D eigenvalue weighted by atomic mass is 32.2. The molecule has 2 aromatic carbocycles. The van der Waals surface area contributed by atoms with E-state index in [4.69, 9.17) is 0 Å². The number of aliphatic hydroxyl groups is 1. The van der Waals surface area contributed by atoms with Crippen LogP contribution in [0.2, 0.25) is 0 Å². The molecule has 0 aliphatic carbocycles. The number of hydrogen-bond acceptors (Lipinski definition) is 2. The molecule has 0 amide bonds. The Bertz CT molecular complexity index is 970. The SMILES string of the molecule is OC(COc1ccc([S+]2CCCC2)c2ccccc12)(C(F)(F)C(F)(F)F)C(F)(F)C(F)(F)F. The molecule has 0 aromatic heterocycles. The topological polar surface area (TPSA) is 29.5 Å². The first-order valence-electron chi connectivity index (χ1n) is 9.48. The molecule has 0 bridgehead atoms. The van der Waals surface area contributed by atoms with E-state index in [1.807, 2.05) is 0 Å². The van der Waals surface area contributed by atoms with Crippen molar-refractivity contribution in [1.82, 2.24) is 0 Å². The third kappa shape index (κ3) is 4.22.